The number of nitrogens with zero attached hydrogens (tertiary/aromatic N) is 1. The summed E-state index contributed by atoms with van der Waals surface area (Å²) in [5.74, 6) is -0.108. The Morgan fingerprint density at radius 3 is 2.34 bits per heavy atom. The Morgan fingerprint density at radius 1 is 0.969 bits per heavy atom. The second-order valence-electron chi connectivity index (χ2n) is 7.91. The van der Waals surface area contributed by atoms with Crippen LogP contribution < -0.4 is 10.6 Å². The van der Waals surface area contributed by atoms with Crippen molar-refractivity contribution in [3.8, 4) is 0 Å². The molecule has 4 rings (SSSR count). The van der Waals surface area contributed by atoms with Crippen LogP contribution >= 0.6 is 15.9 Å². The fraction of sp³-hybridized carbons (Fsp3) is 0.280. The molecule has 32 heavy (non-hydrogen) atoms. The lowest BCUT2D eigenvalue weighted by Crippen LogP contribution is -2.37. The van der Waals surface area contributed by atoms with E-state index in [9.17, 15) is 9.59 Å². The van der Waals surface area contributed by atoms with Gasteiger partial charge in [-0.05, 0) is 77.3 Å². The normalized spacial score (nSPS) is 14.8. The second-order valence-corrected chi connectivity index (χ2v) is 8.69. The molecule has 0 bridgehead atoms. The minimum absolute atomic E-state index is 0.0117. The van der Waals surface area contributed by atoms with Crippen LogP contribution in [0, 0.1) is 0 Å². The number of hydrogen-bond donors (Lipinski definition) is 2. The van der Waals surface area contributed by atoms with Crippen molar-refractivity contribution in [2.24, 2.45) is 0 Å². The number of amides is 2. The fourth-order valence-electron chi connectivity index (χ4n) is 3.98. The third-order valence-electron chi connectivity index (χ3n) is 5.63. The predicted octanol–water partition coefficient (Wildman–Crippen LogP) is 4.79. The number of likely N-dealkylation sites (tertiary alicyclic amines) is 1. The number of carbonyl (C=O) groups is 2. The van der Waals surface area contributed by atoms with E-state index in [4.69, 9.17) is 4.42 Å². The third kappa shape index (κ3) is 5.87. The molecule has 6 nitrogen and oxygen atoms in total. The molecule has 3 aromatic rings. The van der Waals surface area contributed by atoms with Gasteiger partial charge in [0.05, 0.1) is 12.5 Å². The minimum Gasteiger partial charge on any atom is -0.444 e. The van der Waals surface area contributed by atoms with Crippen LogP contribution in [0.2, 0.25) is 0 Å². The highest BCUT2D eigenvalue weighted by molar-refractivity contribution is 9.10. The molecule has 7 heteroatoms. The van der Waals surface area contributed by atoms with Gasteiger partial charge in [-0.15, -0.1) is 0 Å². The number of anilines is 1. The molecule has 1 aliphatic rings. The first-order chi connectivity index (χ1) is 15.6. The Hall–Kier alpha value is -2.90. The number of hydrogen-bond acceptors (Lipinski definition) is 4. The molecule has 1 unspecified atom stereocenters. The van der Waals surface area contributed by atoms with E-state index < -0.39 is 0 Å². The molecule has 0 saturated carbocycles. The zero-order valence-electron chi connectivity index (χ0n) is 17.7. The summed E-state index contributed by atoms with van der Waals surface area (Å²) in [4.78, 5) is 27.2. The molecular weight excluding hydrogens is 470 g/mol. The highest BCUT2D eigenvalue weighted by Gasteiger charge is 2.23. The number of nitrogens with one attached hydrogen (secondary N) is 2. The van der Waals surface area contributed by atoms with Crippen molar-refractivity contribution >= 4 is 33.4 Å². The molecule has 1 saturated heterocycles. The van der Waals surface area contributed by atoms with Gasteiger partial charge < -0.3 is 15.1 Å². The summed E-state index contributed by atoms with van der Waals surface area (Å²) in [7, 11) is 0. The summed E-state index contributed by atoms with van der Waals surface area (Å²) in [6.45, 7) is 2.73. The van der Waals surface area contributed by atoms with Crippen molar-refractivity contribution in [3.63, 3.8) is 0 Å². The van der Waals surface area contributed by atoms with Crippen LogP contribution in [-0.2, 0) is 11.2 Å². The quantitative estimate of drug-likeness (QED) is 0.471. The molecule has 0 spiro atoms. The van der Waals surface area contributed by atoms with Gasteiger partial charge in [-0.25, -0.2) is 0 Å². The van der Waals surface area contributed by atoms with Crippen LogP contribution in [0.1, 0.15) is 40.6 Å². The topological polar surface area (TPSA) is 74.6 Å². The van der Waals surface area contributed by atoms with Crippen molar-refractivity contribution in [2.45, 2.75) is 25.3 Å². The summed E-state index contributed by atoms with van der Waals surface area (Å²) < 4.78 is 5.76. The van der Waals surface area contributed by atoms with E-state index >= 15 is 0 Å². The third-order valence-corrected chi connectivity index (χ3v) is 6.06. The molecule has 0 radical (unpaired) electrons. The number of halogens is 1. The van der Waals surface area contributed by atoms with Crippen LogP contribution in [0.4, 0.5) is 5.69 Å². The molecule has 2 aromatic carbocycles. The maximum atomic E-state index is 12.6. The van der Waals surface area contributed by atoms with Crippen LogP contribution in [0.3, 0.4) is 0 Å². The average Bonchev–Trinajstić information content (AvgIpc) is 3.48. The van der Waals surface area contributed by atoms with Crippen molar-refractivity contribution < 1.29 is 14.0 Å². The zero-order valence-corrected chi connectivity index (χ0v) is 19.3. The lowest BCUT2D eigenvalue weighted by Gasteiger charge is -2.28. The zero-order chi connectivity index (χ0) is 22.3. The van der Waals surface area contributed by atoms with Gasteiger partial charge in [0.15, 0.2) is 10.4 Å². The Bertz CT molecular complexity index is 1040. The fourth-order valence-corrected chi connectivity index (χ4v) is 4.29. The molecule has 1 atom stereocenters. The molecule has 2 amide bonds. The molecular formula is C25H26BrN3O3. The van der Waals surface area contributed by atoms with Gasteiger partial charge in [0.25, 0.3) is 5.91 Å². The highest BCUT2D eigenvalue weighted by atomic mass is 79.9. The van der Waals surface area contributed by atoms with Gasteiger partial charge in [0.2, 0.25) is 5.91 Å². The Kier molecular flexibility index (Phi) is 7.39. The van der Waals surface area contributed by atoms with Crippen molar-refractivity contribution in [1.29, 1.82) is 0 Å². The van der Waals surface area contributed by atoms with Crippen molar-refractivity contribution in [3.05, 3.63) is 88.3 Å². The Morgan fingerprint density at radius 2 is 1.69 bits per heavy atom. The largest absolute Gasteiger partial charge is 0.444 e. The lowest BCUT2D eigenvalue weighted by atomic mass is 10.1. The molecule has 1 fully saturated rings. The summed E-state index contributed by atoms with van der Waals surface area (Å²) in [6.07, 6.45) is 2.70. The van der Waals surface area contributed by atoms with Gasteiger partial charge in [-0.1, -0.05) is 42.5 Å². The highest BCUT2D eigenvalue weighted by Crippen LogP contribution is 2.24. The molecule has 0 aliphatic carbocycles. The van der Waals surface area contributed by atoms with E-state index in [0.717, 1.165) is 18.7 Å². The van der Waals surface area contributed by atoms with E-state index in [2.05, 4.69) is 43.6 Å². The minimum atomic E-state index is -0.324. The van der Waals surface area contributed by atoms with Crippen LogP contribution in [0.15, 0.2) is 75.8 Å². The first-order valence-electron chi connectivity index (χ1n) is 10.8. The maximum absolute atomic E-state index is 12.6. The van der Waals surface area contributed by atoms with Gasteiger partial charge in [-0.3, -0.25) is 14.5 Å². The summed E-state index contributed by atoms with van der Waals surface area (Å²) in [5.41, 5.74) is 2.77. The molecule has 1 aromatic heterocycles. The van der Waals surface area contributed by atoms with Crippen molar-refractivity contribution in [2.75, 3.05) is 25.0 Å². The van der Waals surface area contributed by atoms with Crippen LogP contribution in [-0.4, -0.2) is 36.3 Å². The molecule has 166 valence electrons. The smallest absolute Gasteiger partial charge is 0.291 e. The monoisotopic (exact) mass is 495 g/mol. The maximum Gasteiger partial charge on any atom is 0.291 e. The van der Waals surface area contributed by atoms with Crippen LogP contribution in [0.25, 0.3) is 0 Å². The molecule has 2 N–H and O–H groups in total. The van der Waals surface area contributed by atoms with Gasteiger partial charge in [-0.2, -0.15) is 0 Å². The number of rotatable bonds is 8. The van der Waals surface area contributed by atoms with Crippen molar-refractivity contribution in [1.82, 2.24) is 10.2 Å². The standard InChI is InChI=1S/C25H26BrN3O3/c26-23-13-12-22(32-23)25(31)28-20-10-8-18(9-11-20)16-24(30)27-17-21(29-14-4-5-15-29)19-6-2-1-3-7-19/h1-3,6-13,21H,4-5,14-17H2,(H,27,30)(H,28,31). The van der Waals surface area contributed by atoms with E-state index in [1.54, 1.807) is 24.3 Å². The van der Waals surface area contributed by atoms with Gasteiger partial charge in [0, 0.05) is 12.2 Å². The first-order valence-corrected chi connectivity index (χ1v) is 11.6. The van der Waals surface area contributed by atoms with Gasteiger partial charge in [0.1, 0.15) is 0 Å². The Labute approximate surface area is 196 Å². The Balaban J connectivity index is 1.31. The summed E-state index contributed by atoms with van der Waals surface area (Å²) in [5, 5.41) is 5.89. The van der Waals surface area contributed by atoms with E-state index in [1.165, 1.54) is 18.4 Å². The number of benzene rings is 2. The van der Waals surface area contributed by atoms with Gasteiger partial charge >= 0.3 is 0 Å². The van der Waals surface area contributed by atoms with Crippen LogP contribution in [0.5, 0.6) is 0 Å². The average molecular weight is 496 g/mol. The lowest BCUT2D eigenvalue weighted by molar-refractivity contribution is -0.120. The summed E-state index contributed by atoms with van der Waals surface area (Å²) in [6, 6.07) is 21.1. The number of carbonyl (C=O) groups excluding carboxylic acids is 2. The van der Waals surface area contributed by atoms with E-state index in [-0.39, 0.29) is 23.6 Å². The predicted molar refractivity (Wildman–Crippen MR) is 128 cm³/mol. The number of furan rings is 1. The van der Waals surface area contributed by atoms with E-state index in [0.29, 0.717) is 23.3 Å². The SMILES string of the molecule is O=C(Cc1ccc(NC(=O)c2ccc(Br)o2)cc1)NCC(c1ccccc1)N1CCCC1. The first kappa shape index (κ1) is 22.3. The molecule has 2 heterocycles. The summed E-state index contributed by atoms with van der Waals surface area (Å²) >= 11 is 3.18. The van der Waals surface area contributed by atoms with E-state index in [1.807, 2.05) is 30.3 Å². The second kappa shape index (κ2) is 10.6. The molecule has 1 aliphatic heterocycles.